The second-order valence-corrected chi connectivity index (χ2v) is 18.9. The molecule has 5 rings (SSSR count). The van der Waals surface area contributed by atoms with Gasteiger partial charge in [-0.15, -0.1) is 6.58 Å². The van der Waals surface area contributed by atoms with Crippen molar-refractivity contribution in [2.75, 3.05) is 43.6 Å². The van der Waals surface area contributed by atoms with Gasteiger partial charge in [0, 0.05) is 53.0 Å². The average Bonchev–Trinajstić information content (AvgIpc) is 3.17. The molecule has 0 spiro atoms. The van der Waals surface area contributed by atoms with E-state index in [-0.39, 0.29) is 35.4 Å². The highest BCUT2D eigenvalue weighted by Crippen LogP contribution is 2.46. The second kappa shape index (κ2) is 23.6. The summed E-state index contributed by atoms with van der Waals surface area (Å²) in [6.45, 7) is 8.10. The maximum atomic E-state index is 13.7. The first-order valence-electron chi connectivity index (χ1n) is 20.9. The first-order chi connectivity index (χ1) is 26.1. The highest BCUT2D eigenvalue weighted by molar-refractivity contribution is 7.86. The lowest BCUT2D eigenvalue weighted by Crippen LogP contribution is -2.63. The zero-order valence-corrected chi connectivity index (χ0v) is 34.7. The van der Waals surface area contributed by atoms with Gasteiger partial charge in [0.2, 0.25) is 0 Å². The van der Waals surface area contributed by atoms with Gasteiger partial charge in [0.05, 0.1) is 24.3 Å². The molecule has 1 aromatic carbocycles. The van der Waals surface area contributed by atoms with Crippen molar-refractivity contribution in [1.82, 2.24) is 10.2 Å². The zero-order valence-electron chi connectivity index (χ0n) is 33.1. The Hall–Kier alpha value is -2.41. The van der Waals surface area contributed by atoms with Gasteiger partial charge in [-0.3, -0.25) is 13.7 Å². The van der Waals surface area contributed by atoms with Crippen molar-refractivity contribution in [3.05, 3.63) is 42.5 Å². The number of fused-ring (bicyclic) bond motifs is 4. The van der Waals surface area contributed by atoms with Crippen LogP contribution in [0.2, 0.25) is 0 Å². The Morgan fingerprint density at radius 3 is 2.20 bits per heavy atom. The quantitative estimate of drug-likeness (QED) is 0.0453. The van der Waals surface area contributed by atoms with E-state index < -0.39 is 38.9 Å². The minimum atomic E-state index is -4.13. The molecule has 1 amide bonds. The summed E-state index contributed by atoms with van der Waals surface area (Å²) in [4.78, 5) is 15.8. The molecule has 54 heavy (non-hydrogen) atoms. The molecule has 0 radical (unpaired) electrons. The Morgan fingerprint density at radius 1 is 1.00 bits per heavy atom. The molecule has 1 aromatic rings. The molecule has 4 aliphatic rings. The van der Waals surface area contributed by atoms with Crippen LogP contribution in [0.3, 0.4) is 0 Å². The lowest BCUT2D eigenvalue weighted by atomic mass is 9.72. The largest absolute Gasteiger partial charge is 0.497 e. The summed E-state index contributed by atoms with van der Waals surface area (Å²) < 4.78 is 57.6. The van der Waals surface area contributed by atoms with E-state index in [9.17, 15) is 22.0 Å². The minimum Gasteiger partial charge on any atom is -0.497 e. The van der Waals surface area contributed by atoms with E-state index in [2.05, 4.69) is 35.1 Å². The summed E-state index contributed by atoms with van der Waals surface area (Å²) >= 11 is 0. The number of ether oxygens (including phenoxy) is 2. The number of benzene rings is 1. The minimum absolute atomic E-state index is 0.113. The van der Waals surface area contributed by atoms with Crippen LogP contribution < -0.4 is 15.4 Å². The number of amides is 1. The van der Waals surface area contributed by atoms with Gasteiger partial charge in [-0.1, -0.05) is 115 Å². The van der Waals surface area contributed by atoms with Crippen molar-refractivity contribution < 1.29 is 31.4 Å². The predicted octanol–water partition coefficient (Wildman–Crippen LogP) is 9.11. The van der Waals surface area contributed by atoms with Gasteiger partial charge in [-0.05, 0) is 55.7 Å². The van der Waals surface area contributed by atoms with Crippen molar-refractivity contribution in [1.29, 1.82) is 0 Å². The summed E-state index contributed by atoms with van der Waals surface area (Å²) in [5.74, 6) is 0.852. The molecule has 0 saturated carbocycles. The number of rotatable bonds is 27. The van der Waals surface area contributed by atoms with E-state index in [1.165, 1.54) is 89.9 Å². The fourth-order valence-corrected chi connectivity index (χ4v) is 10.9. The van der Waals surface area contributed by atoms with Crippen LogP contribution in [-0.2, 0) is 25.7 Å². The average molecular weight is 792 g/mol. The SMILES string of the molecule is C=C[C@H]1CN2C(S(=O)CCCS(=O)(=O)O)CC1C[C@H]2[C@H](OC(=O)NCCCCCCCCCCCCCCCCCC)C1=CCNc2ccc(OC)cc21. The van der Waals surface area contributed by atoms with Crippen LogP contribution in [0.15, 0.2) is 36.9 Å². The molecule has 4 aliphatic heterocycles. The number of methoxy groups -OCH3 is 1. The lowest BCUT2D eigenvalue weighted by Gasteiger charge is -2.55. The summed E-state index contributed by atoms with van der Waals surface area (Å²) in [7, 11) is -3.87. The molecular formula is C42H69N3O7S2. The van der Waals surface area contributed by atoms with Crippen molar-refractivity contribution in [3.63, 3.8) is 0 Å². The summed E-state index contributed by atoms with van der Waals surface area (Å²) in [5, 5.41) is 6.12. The van der Waals surface area contributed by atoms with Crippen LogP contribution in [0.5, 0.6) is 5.75 Å². The van der Waals surface area contributed by atoms with E-state index in [4.69, 9.17) is 9.47 Å². The number of piperidine rings is 3. The fourth-order valence-electron chi connectivity index (χ4n) is 8.55. The zero-order chi connectivity index (χ0) is 38.8. The van der Waals surface area contributed by atoms with Crippen LogP contribution in [0.25, 0.3) is 5.57 Å². The van der Waals surface area contributed by atoms with Crippen molar-refractivity contribution >= 4 is 38.3 Å². The van der Waals surface area contributed by atoms with Crippen molar-refractivity contribution in [3.8, 4) is 5.75 Å². The Labute approximate surface area is 328 Å². The van der Waals surface area contributed by atoms with Gasteiger partial charge in [-0.25, -0.2) is 4.79 Å². The van der Waals surface area contributed by atoms with E-state index in [0.717, 1.165) is 36.1 Å². The number of nitrogens with zero attached hydrogens (tertiary/aromatic N) is 1. The third-order valence-corrected chi connectivity index (χ3v) is 14.1. The molecule has 7 atom stereocenters. The molecule has 2 bridgehead atoms. The highest BCUT2D eigenvalue weighted by Gasteiger charge is 2.50. The van der Waals surface area contributed by atoms with Crippen molar-refractivity contribution in [2.24, 2.45) is 11.8 Å². The standard InChI is InChI=1S/C42H69N3O7S2/c1-4-6-7-8-9-10-11-12-13-14-15-16-17-18-19-20-25-44-42(46)52-41(36-24-26-43-38-23-22-35(51-3)31-37(36)38)39-29-34-30-40(45(39)32-33(34)5-2)53(47)27-21-28-54(48,49)50/h5,22-24,31,33-34,39-41,43H,2,4,6-21,25-30,32H2,1,3H3,(H,44,46)(H,48,49,50)/t33-,34?,39-,40?,41+,53?/m0/s1. The lowest BCUT2D eigenvalue weighted by molar-refractivity contribution is -0.0419. The summed E-state index contributed by atoms with van der Waals surface area (Å²) in [5.41, 5.74) is 2.73. The number of carbonyl (C=O) groups excluding carboxylic acids is 1. The van der Waals surface area contributed by atoms with Crippen molar-refractivity contribution in [2.45, 2.75) is 146 Å². The monoisotopic (exact) mass is 791 g/mol. The maximum Gasteiger partial charge on any atom is 0.407 e. The topological polar surface area (TPSA) is 134 Å². The predicted molar refractivity (Wildman–Crippen MR) is 222 cm³/mol. The number of carbonyl (C=O) groups is 1. The number of hydrogen-bond acceptors (Lipinski definition) is 8. The number of anilines is 1. The first-order valence-corrected chi connectivity index (χ1v) is 23.9. The molecule has 0 aliphatic carbocycles. The van der Waals surface area contributed by atoms with Gasteiger partial charge < -0.3 is 20.1 Å². The van der Waals surface area contributed by atoms with E-state index in [1.54, 1.807) is 7.11 Å². The molecule has 3 fully saturated rings. The fraction of sp³-hybridized carbons (Fsp3) is 0.738. The maximum absolute atomic E-state index is 13.7. The number of alkyl carbamates (subject to hydrolysis) is 1. The molecule has 10 nitrogen and oxygen atoms in total. The highest BCUT2D eigenvalue weighted by atomic mass is 32.2. The normalized spacial score (nSPS) is 23.1. The van der Waals surface area contributed by atoms with Gasteiger partial charge in [0.15, 0.2) is 0 Å². The molecule has 4 unspecified atom stereocenters. The Balaban J connectivity index is 1.30. The van der Waals surface area contributed by atoms with Gasteiger partial charge >= 0.3 is 6.09 Å². The van der Waals surface area contributed by atoms with E-state index in [1.807, 2.05) is 24.3 Å². The molecule has 12 heteroatoms. The number of hydrogen-bond donors (Lipinski definition) is 3. The molecule has 306 valence electrons. The number of nitrogens with one attached hydrogen (secondary N) is 2. The smallest absolute Gasteiger partial charge is 0.407 e. The Morgan fingerprint density at radius 2 is 1.63 bits per heavy atom. The molecular weight excluding hydrogens is 723 g/mol. The third kappa shape index (κ3) is 14.3. The van der Waals surface area contributed by atoms with Gasteiger partial charge in [0.1, 0.15) is 11.9 Å². The second-order valence-electron chi connectivity index (χ2n) is 15.6. The molecule has 0 aromatic heterocycles. The number of unbranched alkanes of at least 4 members (excludes halogenated alkanes) is 15. The summed E-state index contributed by atoms with van der Waals surface area (Å²) in [6.07, 6.45) is 25.2. The van der Waals surface area contributed by atoms with E-state index in [0.29, 0.717) is 31.8 Å². The van der Waals surface area contributed by atoms with Gasteiger partial charge in [0.25, 0.3) is 10.1 Å². The van der Waals surface area contributed by atoms with Crippen LogP contribution >= 0.6 is 0 Å². The molecule has 4 heterocycles. The molecule has 3 N–H and O–H groups in total. The Bertz CT molecular complexity index is 1470. The van der Waals surface area contributed by atoms with E-state index >= 15 is 0 Å². The van der Waals surface area contributed by atoms with Crippen LogP contribution in [0.4, 0.5) is 10.5 Å². The van der Waals surface area contributed by atoms with Crippen LogP contribution in [0, 0.1) is 11.8 Å². The Kier molecular flexibility index (Phi) is 19.4. The van der Waals surface area contributed by atoms with Crippen LogP contribution in [0.1, 0.15) is 134 Å². The first kappa shape index (κ1) is 44.3. The van der Waals surface area contributed by atoms with Crippen LogP contribution in [-0.4, -0.2) is 83.9 Å². The third-order valence-electron chi connectivity index (χ3n) is 11.6. The molecule has 3 saturated heterocycles. The van der Waals surface area contributed by atoms with Gasteiger partial charge in [-0.2, -0.15) is 8.42 Å². The summed E-state index contributed by atoms with van der Waals surface area (Å²) in [6, 6.07) is 5.61.